The Kier molecular flexibility index (Phi) is 4.46. The lowest BCUT2D eigenvalue weighted by atomic mass is 9.93. The van der Waals surface area contributed by atoms with Gasteiger partial charge in [-0.05, 0) is 18.4 Å². The van der Waals surface area contributed by atoms with Gasteiger partial charge in [0.25, 0.3) is 0 Å². The third-order valence-corrected chi connectivity index (χ3v) is 2.64. The topological polar surface area (TPSA) is 32.3 Å². The number of hydrogen-bond acceptors (Lipinski definition) is 2. The minimum absolute atomic E-state index is 0.0808. The lowest BCUT2D eigenvalue weighted by Crippen LogP contribution is -2.39. The quantitative estimate of drug-likeness (QED) is 0.869. The number of aliphatic hydroxyl groups is 1. The molecule has 0 heterocycles. The van der Waals surface area contributed by atoms with E-state index in [9.17, 15) is 13.9 Å². The predicted molar refractivity (Wildman–Crippen MR) is 68.3 cm³/mol. The number of benzene rings is 1. The standard InChI is InChI=1S/C14H21F2NO/c1-13(2,3)8-17-9-14(4,18)11-6-5-10(15)7-12(11)16/h5-7,17-18H,8-9H2,1-4H3. The van der Waals surface area contributed by atoms with Crippen LogP contribution in [-0.2, 0) is 5.60 Å². The van der Waals surface area contributed by atoms with Crippen molar-refractivity contribution in [1.29, 1.82) is 0 Å². The molecule has 2 N–H and O–H groups in total. The summed E-state index contributed by atoms with van der Waals surface area (Å²) in [6.45, 7) is 8.62. The van der Waals surface area contributed by atoms with Gasteiger partial charge in [0.05, 0.1) is 0 Å². The van der Waals surface area contributed by atoms with Crippen LogP contribution in [0.2, 0.25) is 0 Å². The monoisotopic (exact) mass is 257 g/mol. The third-order valence-electron chi connectivity index (χ3n) is 2.64. The molecule has 0 bridgehead atoms. The number of hydrogen-bond donors (Lipinski definition) is 2. The van der Waals surface area contributed by atoms with Crippen molar-refractivity contribution in [2.45, 2.75) is 33.3 Å². The van der Waals surface area contributed by atoms with Gasteiger partial charge in [0.15, 0.2) is 0 Å². The van der Waals surface area contributed by atoms with E-state index in [0.29, 0.717) is 6.54 Å². The first-order valence-corrected chi connectivity index (χ1v) is 6.00. The summed E-state index contributed by atoms with van der Waals surface area (Å²) in [5, 5.41) is 13.3. The summed E-state index contributed by atoms with van der Waals surface area (Å²) >= 11 is 0. The van der Waals surface area contributed by atoms with Crippen LogP contribution in [0.5, 0.6) is 0 Å². The van der Waals surface area contributed by atoms with Gasteiger partial charge in [-0.25, -0.2) is 8.78 Å². The molecule has 0 saturated heterocycles. The summed E-state index contributed by atoms with van der Waals surface area (Å²) in [5.74, 6) is -1.37. The van der Waals surface area contributed by atoms with Crippen LogP contribution < -0.4 is 5.32 Å². The molecule has 0 radical (unpaired) electrons. The zero-order chi connectivity index (χ0) is 14.0. The van der Waals surface area contributed by atoms with Crippen LogP contribution in [-0.4, -0.2) is 18.2 Å². The first kappa shape index (κ1) is 15.1. The summed E-state index contributed by atoms with van der Waals surface area (Å²) in [7, 11) is 0. The second kappa shape index (κ2) is 5.33. The van der Waals surface area contributed by atoms with Crippen LogP contribution in [0.4, 0.5) is 8.78 Å². The minimum Gasteiger partial charge on any atom is -0.384 e. The molecule has 1 atom stereocenters. The maximum Gasteiger partial charge on any atom is 0.132 e. The Morgan fingerprint density at radius 1 is 1.11 bits per heavy atom. The Morgan fingerprint density at radius 2 is 1.72 bits per heavy atom. The lowest BCUT2D eigenvalue weighted by molar-refractivity contribution is 0.0511. The number of rotatable bonds is 4. The molecule has 0 aromatic heterocycles. The summed E-state index contributed by atoms with van der Waals surface area (Å²) in [6.07, 6.45) is 0. The highest BCUT2D eigenvalue weighted by molar-refractivity contribution is 5.24. The van der Waals surface area contributed by atoms with Gasteiger partial charge in [-0.15, -0.1) is 0 Å². The van der Waals surface area contributed by atoms with Crippen molar-refractivity contribution in [2.24, 2.45) is 5.41 Å². The maximum absolute atomic E-state index is 13.6. The van der Waals surface area contributed by atoms with E-state index in [0.717, 1.165) is 12.1 Å². The Bertz CT molecular complexity index is 411. The number of halogens is 2. The zero-order valence-electron chi connectivity index (χ0n) is 11.3. The molecule has 0 amide bonds. The highest BCUT2D eigenvalue weighted by atomic mass is 19.1. The van der Waals surface area contributed by atoms with Crippen LogP contribution in [0, 0.1) is 17.0 Å². The summed E-state index contributed by atoms with van der Waals surface area (Å²) < 4.78 is 26.4. The molecule has 1 aromatic carbocycles. The predicted octanol–water partition coefficient (Wildman–Crippen LogP) is 2.81. The Balaban J connectivity index is 2.73. The first-order valence-electron chi connectivity index (χ1n) is 6.00. The van der Waals surface area contributed by atoms with Crippen molar-refractivity contribution >= 4 is 0 Å². The largest absolute Gasteiger partial charge is 0.384 e. The SMILES string of the molecule is CC(C)(C)CNCC(C)(O)c1ccc(F)cc1F. The van der Waals surface area contributed by atoms with E-state index in [2.05, 4.69) is 26.1 Å². The third kappa shape index (κ3) is 4.35. The van der Waals surface area contributed by atoms with Gasteiger partial charge in [-0.2, -0.15) is 0 Å². The Labute approximate surface area is 107 Å². The molecule has 0 fully saturated rings. The molecule has 0 saturated carbocycles. The van der Waals surface area contributed by atoms with E-state index >= 15 is 0 Å². The van der Waals surface area contributed by atoms with Gasteiger partial charge < -0.3 is 10.4 Å². The molecule has 18 heavy (non-hydrogen) atoms. The van der Waals surface area contributed by atoms with Gasteiger partial charge >= 0.3 is 0 Å². The van der Waals surface area contributed by atoms with E-state index in [1.54, 1.807) is 0 Å². The molecule has 0 aliphatic carbocycles. The zero-order valence-corrected chi connectivity index (χ0v) is 11.3. The van der Waals surface area contributed by atoms with Crippen LogP contribution in [0.25, 0.3) is 0 Å². The fraction of sp³-hybridized carbons (Fsp3) is 0.571. The number of nitrogens with one attached hydrogen (secondary N) is 1. The fourth-order valence-electron chi connectivity index (χ4n) is 1.70. The van der Waals surface area contributed by atoms with Crippen LogP contribution in [0.3, 0.4) is 0 Å². The molecule has 0 aliphatic heterocycles. The second-order valence-corrected chi connectivity index (χ2v) is 6.06. The Hall–Kier alpha value is -1.00. The molecular formula is C14H21F2NO. The maximum atomic E-state index is 13.6. The molecule has 1 aromatic rings. The second-order valence-electron chi connectivity index (χ2n) is 6.06. The average Bonchev–Trinajstić information content (AvgIpc) is 2.13. The lowest BCUT2D eigenvalue weighted by Gasteiger charge is -2.27. The average molecular weight is 257 g/mol. The van der Waals surface area contributed by atoms with Crippen molar-refractivity contribution in [3.8, 4) is 0 Å². The molecule has 4 heteroatoms. The van der Waals surface area contributed by atoms with Gasteiger partial charge in [-0.3, -0.25) is 0 Å². The fourth-order valence-corrected chi connectivity index (χ4v) is 1.70. The van der Waals surface area contributed by atoms with Gasteiger partial charge in [-0.1, -0.05) is 26.8 Å². The molecular weight excluding hydrogens is 236 g/mol. The van der Waals surface area contributed by atoms with Crippen LogP contribution >= 0.6 is 0 Å². The van der Waals surface area contributed by atoms with Gasteiger partial charge in [0.1, 0.15) is 17.2 Å². The molecule has 1 unspecified atom stereocenters. The van der Waals surface area contributed by atoms with Crippen molar-refractivity contribution in [1.82, 2.24) is 5.32 Å². The normalized spacial score (nSPS) is 15.5. The smallest absolute Gasteiger partial charge is 0.132 e. The summed E-state index contributed by atoms with van der Waals surface area (Å²) in [6, 6.07) is 3.22. The minimum atomic E-state index is -1.36. The van der Waals surface area contributed by atoms with Crippen molar-refractivity contribution in [2.75, 3.05) is 13.1 Å². The van der Waals surface area contributed by atoms with E-state index in [-0.39, 0.29) is 17.5 Å². The van der Waals surface area contributed by atoms with Crippen molar-refractivity contribution < 1.29 is 13.9 Å². The van der Waals surface area contributed by atoms with E-state index in [1.807, 2.05) is 0 Å². The highest BCUT2D eigenvalue weighted by Crippen LogP contribution is 2.23. The van der Waals surface area contributed by atoms with Gasteiger partial charge in [0.2, 0.25) is 0 Å². The van der Waals surface area contributed by atoms with Crippen molar-refractivity contribution in [3.63, 3.8) is 0 Å². The van der Waals surface area contributed by atoms with Crippen LogP contribution in [0.1, 0.15) is 33.3 Å². The van der Waals surface area contributed by atoms with E-state index < -0.39 is 17.2 Å². The van der Waals surface area contributed by atoms with Gasteiger partial charge in [0, 0.05) is 24.7 Å². The van der Waals surface area contributed by atoms with Crippen LogP contribution in [0.15, 0.2) is 18.2 Å². The molecule has 2 nitrogen and oxygen atoms in total. The molecule has 102 valence electrons. The highest BCUT2D eigenvalue weighted by Gasteiger charge is 2.27. The van der Waals surface area contributed by atoms with Crippen molar-refractivity contribution in [3.05, 3.63) is 35.4 Å². The summed E-state index contributed by atoms with van der Waals surface area (Å²) in [5.41, 5.74) is -1.18. The van der Waals surface area contributed by atoms with E-state index in [1.165, 1.54) is 13.0 Å². The molecule has 1 rings (SSSR count). The molecule has 0 aliphatic rings. The summed E-state index contributed by atoms with van der Waals surface area (Å²) in [4.78, 5) is 0. The van der Waals surface area contributed by atoms with E-state index in [4.69, 9.17) is 0 Å². The Morgan fingerprint density at radius 3 is 2.22 bits per heavy atom. The first-order chi connectivity index (χ1) is 8.12. The molecule has 0 spiro atoms.